The maximum atomic E-state index is 10.1. The minimum Gasteiger partial charge on any atom is -0.389 e. The number of rotatable bonds is 7. The molecule has 0 fully saturated rings. The predicted octanol–water partition coefficient (Wildman–Crippen LogP) is 2.58. The van der Waals surface area contributed by atoms with Crippen molar-refractivity contribution in [2.45, 2.75) is 19.3 Å². The molecule has 3 heterocycles. The number of nitrogens with zero attached hydrogens (tertiary/aromatic N) is 3. The van der Waals surface area contributed by atoms with E-state index < -0.39 is 6.10 Å². The lowest BCUT2D eigenvalue weighted by molar-refractivity contribution is 0.0199. The first kappa shape index (κ1) is 14.9. The molecule has 0 saturated heterocycles. The monoisotopic (exact) mass is 315 g/mol. The van der Waals surface area contributed by atoms with Crippen molar-refractivity contribution >= 4 is 11.3 Å². The molecular weight excluding hydrogens is 298 g/mol. The van der Waals surface area contributed by atoms with E-state index in [-0.39, 0.29) is 6.61 Å². The van der Waals surface area contributed by atoms with E-state index in [1.165, 1.54) is 0 Å². The molecule has 1 atom stereocenters. The second-order valence-electron chi connectivity index (χ2n) is 4.88. The number of aliphatic hydroxyl groups is 1. The van der Waals surface area contributed by atoms with Gasteiger partial charge in [-0.25, -0.2) is 0 Å². The van der Waals surface area contributed by atoms with Crippen molar-refractivity contribution < 1.29 is 9.84 Å². The standard InChI is InChI=1S/C16H17N3O2S/c20-14(11-21-12-15-2-1-9-22-15)10-19-16(5-8-18-19)13-3-6-17-7-4-13/h1-9,14,20H,10-12H2/t14-/m1/s1. The summed E-state index contributed by atoms with van der Waals surface area (Å²) in [5.74, 6) is 0. The first-order valence-electron chi connectivity index (χ1n) is 7.03. The van der Waals surface area contributed by atoms with Crippen LogP contribution in [0.2, 0.25) is 0 Å². The molecule has 22 heavy (non-hydrogen) atoms. The molecule has 6 heteroatoms. The molecule has 0 aliphatic carbocycles. The van der Waals surface area contributed by atoms with Gasteiger partial charge in [-0.05, 0) is 29.6 Å². The SMILES string of the molecule is O[C@@H](COCc1cccs1)Cn1nccc1-c1ccncc1. The zero-order valence-electron chi connectivity index (χ0n) is 12.0. The summed E-state index contributed by atoms with van der Waals surface area (Å²) in [4.78, 5) is 5.17. The van der Waals surface area contributed by atoms with Gasteiger partial charge in [0, 0.05) is 29.0 Å². The van der Waals surface area contributed by atoms with Gasteiger partial charge in [0.25, 0.3) is 0 Å². The largest absolute Gasteiger partial charge is 0.389 e. The van der Waals surface area contributed by atoms with E-state index in [1.807, 2.05) is 35.7 Å². The quantitative estimate of drug-likeness (QED) is 0.728. The molecule has 0 spiro atoms. The number of hydrogen-bond donors (Lipinski definition) is 1. The number of pyridine rings is 1. The lowest BCUT2D eigenvalue weighted by Gasteiger charge is -2.13. The summed E-state index contributed by atoms with van der Waals surface area (Å²) in [6.45, 7) is 1.22. The topological polar surface area (TPSA) is 60.2 Å². The van der Waals surface area contributed by atoms with Crippen LogP contribution >= 0.6 is 11.3 Å². The minimum absolute atomic E-state index is 0.285. The predicted molar refractivity (Wildman–Crippen MR) is 85.4 cm³/mol. The van der Waals surface area contributed by atoms with Crippen LogP contribution in [0.15, 0.2) is 54.3 Å². The Hall–Kier alpha value is -2.02. The van der Waals surface area contributed by atoms with Crippen molar-refractivity contribution in [3.05, 3.63) is 59.2 Å². The molecule has 0 saturated carbocycles. The molecule has 0 aliphatic rings. The van der Waals surface area contributed by atoms with Gasteiger partial charge in [-0.2, -0.15) is 5.10 Å². The third-order valence-electron chi connectivity index (χ3n) is 3.21. The number of thiophene rings is 1. The van der Waals surface area contributed by atoms with Gasteiger partial charge in [-0.3, -0.25) is 9.67 Å². The van der Waals surface area contributed by atoms with Crippen LogP contribution in [0.25, 0.3) is 11.3 Å². The Bertz CT molecular complexity index is 683. The van der Waals surface area contributed by atoms with E-state index in [9.17, 15) is 5.11 Å². The zero-order valence-corrected chi connectivity index (χ0v) is 12.8. The Labute approximate surface area is 132 Å². The second kappa shape index (κ2) is 7.31. The number of ether oxygens (including phenoxy) is 1. The first-order chi connectivity index (χ1) is 10.8. The fourth-order valence-corrected chi connectivity index (χ4v) is 2.83. The number of hydrogen-bond acceptors (Lipinski definition) is 5. The van der Waals surface area contributed by atoms with Crippen molar-refractivity contribution in [1.82, 2.24) is 14.8 Å². The van der Waals surface area contributed by atoms with Crippen LogP contribution in [-0.4, -0.2) is 32.6 Å². The Morgan fingerprint density at radius 3 is 2.82 bits per heavy atom. The van der Waals surface area contributed by atoms with Gasteiger partial charge >= 0.3 is 0 Å². The lowest BCUT2D eigenvalue weighted by Crippen LogP contribution is -2.23. The molecule has 3 rings (SSSR count). The highest BCUT2D eigenvalue weighted by atomic mass is 32.1. The molecule has 0 radical (unpaired) electrons. The fraction of sp³-hybridized carbons (Fsp3) is 0.250. The maximum absolute atomic E-state index is 10.1. The summed E-state index contributed by atoms with van der Waals surface area (Å²) in [7, 11) is 0. The van der Waals surface area contributed by atoms with E-state index in [1.54, 1.807) is 34.6 Å². The van der Waals surface area contributed by atoms with Crippen molar-refractivity contribution in [2.24, 2.45) is 0 Å². The lowest BCUT2D eigenvalue weighted by atomic mass is 10.2. The summed E-state index contributed by atoms with van der Waals surface area (Å²) in [6.07, 6.45) is 4.62. The van der Waals surface area contributed by atoms with Crippen LogP contribution in [0.3, 0.4) is 0 Å². The van der Waals surface area contributed by atoms with Gasteiger partial charge in [0.2, 0.25) is 0 Å². The summed E-state index contributed by atoms with van der Waals surface area (Å²) in [6, 6.07) is 9.78. The summed E-state index contributed by atoms with van der Waals surface area (Å²) >= 11 is 1.65. The van der Waals surface area contributed by atoms with E-state index >= 15 is 0 Å². The van der Waals surface area contributed by atoms with Gasteiger partial charge in [-0.1, -0.05) is 6.07 Å². The van der Waals surface area contributed by atoms with Crippen LogP contribution in [0.1, 0.15) is 4.88 Å². The average Bonchev–Trinajstić information content (AvgIpc) is 3.20. The average molecular weight is 315 g/mol. The van der Waals surface area contributed by atoms with Gasteiger partial charge < -0.3 is 9.84 Å². The van der Waals surface area contributed by atoms with Crippen LogP contribution in [0, 0.1) is 0 Å². The minimum atomic E-state index is -0.597. The highest BCUT2D eigenvalue weighted by molar-refractivity contribution is 7.09. The molecule has 0 aliphatic heterocycles. The van der Waals surface area contributed by atoms with Gasteiger partial charge in [0.1, 0.15) is 0 Å². The van der Waals surface area contributed by atoms with Crippen LogP contribution in [0.5, 0.6) is 0 Å². The normalized spacial score (nSPS) is 12.4. The molecule has 1 N–H and O–H groups in total. The Balaban J connectivity index is 1.56. The Kier molecular flexibility index (Phi) is 4.95. The van der Waals surface area contributed by atoms with Crippen molar-refractivity contribution in [1.29, 1.82) is 0 Å². The van der Waals surface area contributed by atoms with E-state index in [2.05, 4.69) is 10.1 Å². The van der Waals surface area contributed by atoms with Gasteiger partial charge in [0.15, 0.2) is 0 Å². The van der Waals surface area contributed by atoms with Gasteiger partial charge in [-0.15, -0.1) is 11.3 Å². The molecular formula is C16H17N3O2S. The van der Waals surface area contributed by atoms with Crippen molar-refractivity contribution in [3.63, 3.8) is 0 Å². The van der Waals surface area contributed by atoms with Gasteiger partial charge in [0.05, 0.1) is 31.6 Å². The first-order valence-corrected chi connectivity index (χ1v) is 7.91. The summed E-state index contributed by atoms with van der Waals surface area (Å²) in [5, 5.41) is 16.4. The Morgan fingerprint density at radius 2 is 2.05 bits per heavy atom. The molecule has 3 aromatic heterocycles. The second-order valence-corrected chi connectivity index (χ2v) is 5.92. The molecule has 0 bridgehead atoms. The van der Waals surface area contributed by atoms with Crippen LogP contribution in [-0.2, 0) is 17.9 Å². The highest BCUT2D eigenvalue weighted by Gasteiger charge is 2.11. The van der Waals surface area contributed by atoms with E-state index in [4.69, 9.17) is 4.74 Å². The third kappa shape index (κ3) is 3.79. The fourth-order valence-electron chi connectivity index (χ4n) is 2.19. The van der Waals surface area contributed by atoms with Crippen LogP contribution in [0.4, 0.5) is 0 Å². The maximum Gasteiger partial charge on any atom is 0.0969 e. The molecule has 5 nitrogen and oxygen atoms in total. The number of aromatic nitrogens is 3. The molecule has 3 aromatic rings. The molecule has 0 aromatic carbocycles. The Morgan fingerprint density at radius 1 is 1.18 bits per heavy atom. The van der Waals surface area contributed by atoms with Crippen molar-refractivity contribution in [3.8, 4) is 11.3 Å². The third-order valence-corrected chi connectivity index (χ3v) is 4.06. The molecule has 0 amide bonds. The van der Waals surface area contributed by atoms with E-state index in [0.29, 0.717) is 13.2 Å². The van der Waals surface area contributed by atoms with E-state index in [0.717, 1.165) is 16.1 Å². The van der Waals surface area contributed by atoms with Crippen LogP contribution < -0.4 is 0 Å². The zero-order chi connectivity index (χ0) is 15.2. The molecule has 114 valence electrons. The highest BCUT2D eigenvalue weighted by Crippen LogP contribution is 2.18. The smallest absolute Gasteiger partial charge is 0.0969 e. The molecule has 0 unspecified atom stereocenters. The summed E-state index contributed by atoms with van der Waals surface area (Å²) in [5.41, 5.74) is 1.99. The number of aliphatic hydroxyl groups excluding tert-OH is 1. The summed E-state index contributed by atoms with van der Waals surface area (Å²) < 4.78 is 7.33. The van der Waals surface area contributed by atoms with Crippen molar-refractivity contribution in [2.75, 3.05) is 6.61 Å².